The monoisotopic (exact) mass is 306 g/mol. The molecule has 114 valence electrons. The summed E-state index contributed by atoms with van der Waals surface area (Å²) in [6.45, 7) is 7.13. The normalized spacial score (nSPS) is 12.6. The molecule has 0 amide bonds. The molecule has 0 aliphatic rings. The van der Waals surface area contributed by atoms with Gasteiger partial charge in [0, 0.05) is 31.9 Å². The van der Waals surface area contributed by atoms with E-state index < -0.39 is 0 Å². The van der Waals surface area contributed by atoms with E-state index in [1.54, 1.807) is 0 Å². The van der Waals surface area contributed by atoms with Crippen molar-refractivity contribution < 1.29 is 0 Å². The second-order valence-corrected chi connectivity index (χ2v) is 5.59. The predicted octanol–water partition coefficient (Wildman–Crippen LogP) is 3.23. The van der Waals surface area contributed by atoms with Crippen LogP contribution in [0.4, 0.5) is 0 Å². The van der Waals surface area contributed by atoms with Crippen molar-refractivity contribution in [2.75, 3.05) is 6.54 Å². The van der Waals surface area contributed by atoms with Gasteiger partial charge in [0.15, 0.2) is 0 Å². The van der Waals surface area contributed by atoms with Gasteiger partial charge in [-0.15, -0.1) is 0 Å². The van der Waals surface area contributed by atoms with Gasteiger partial charge in [0.05, 0.1) is 16.4 Å². The van der Waals surface area contributed by atoms with Crippen LogP contribution < -0.4 is 5.32 Å². The third-order valence-corrected chi connectivity index (χ3v) is 4.30. The molecule has 21 heavy (non-hydrogen) atoms. The van der Waals surface area contributed by atoms with Crippen LogP contribution in [0.5, 0.6) is 0 Å². The SMILES string of the molecule is CCNC(Cc1c(Cl)c(C)nn1C)c1ccncc1CC. The lowest BCUT2D eigenvalue weighted by Crippen LogP contribution is -2.25. The molecule has 0 saturated carbocycles. The van der Waals surface area contributed by atoms with Crippen molar-refractivity contribution in [2.45, 2.75) is 39.7 Å². The Hall–Kier alpha value is -1.39. The first-order valence-electron chi connectivity index (χ1n) is 7.42. The third kappa shape index (κ3) is 3.44. The van der Waals surface area contributed by atoms with Gasteiger partial charge in [-0.3, -0.25) is 9.67 Å². The Morgan fingerprint density at radius 2 is 2.14 bits per heavy atom. The zero-order valence-corrected chi connectivity index (χ0v) is 13.9. The highest BCUT2D eigenvalue weighted by Gasteiger charge is 2.19. The highest BCUT2D eigenvalue weighted by Crippen LogP contribution is 2.27. The minimum atomic E-state index is 0.222. The molecule has 0 aliphatic heterocycles. The second kappa shape index (κ2) is 7.05. The average Bonchev–Trinajstić information content (AvgIpc) is 2.73. The standard InChI is InChI=1S/C16H23ClN4/c1-5-12-10-18-8-7-13(12)14(19-6-2)9-15-16(17)11(3)20-21(15)4/h7-8,10,14,19H,5-6,9H2,1-4H3. The molecular weight excluding hydrogens is 284 g/mol. The number of likely N-dealkylation sites (N-methyl/N-ethyl adjacent to an activating group) is 1. The predicted molar refractivity (Wildman–Crippen MR) is 86.7 cm³/mol. The smallest absolute Gasteiger partial charge is 0.0847 e. The first-order valence-corrected chi connectivity index (χ1v) is 7.80. The average molecular weight is 307 g/mol. The van der Waals surface area contributed by atoms with Gasteiger partial charge in [-0.05, 0) is 37.1 Å². The Kier molecular flexibility index (Phi) is 5.37. The van der Waals surface area contributed by atoms with E-state index in [1.807, 2.05) is 31.0 Å². The third-order valence-electron chi connectivity index (χ3n) is 3.81. The van der Waals surface area contributed by atoms with Crippen molar-refractivity contribution in [3.8, 4) is 0 Å². The molecule has 4 nitrogen and oxygen atoms in total. The van der Waals surface area contributed by atoms with Crippen LogP contribution in [0.25, 0.3) is 0 Å². The number of rotatable bonds is 6. The molecule has 0 bridgehead atoms. The fourth-order valence-electron chi connectivity index (χ4n) is 2.71. The van der Waals surface area contributed by atoms with Crippen LogP contribution in [0.15, 0.2) is 18.5 Å². The number of nitrogens with one attached hydrogen (secondary N) is 1. The maximum Gasteiger partial charge on any atom is 0.0847 e. The largest absolute Gasteiger partial charge is 0.310 e. The van der Waals surface area contributed by atoms with Crippen molar-refractivity contribution in [1.82, 2.24) is 20.1 Å². The molecule has 2 aromatic rings. The molecular formula is C16H23ClN4. The van der Waals surface area contributed by atoms with Gasteiger partial charge in [-0.2, -0.15) is 5.10 Å². The molecule has 1 N–H and O–H groups in total. The van der Waals surface area contributed by atoms with E-state index in [4.69, 9.17) is 11.6 Å². The first-order chi connectivity index (χ1) is 10.1. The molecule has 0 aromatic carbocycles. The minimum Gasteiger partial charge on any atom is -0.310 e. The second-order valence-electron chi connectivity index (χ2n) is 5.21. The van der Waals surface area contributed by atoms with Crippen LogP contribution in [0, 0.1) is 6.92 Å². The number of aryl methyl sites for hydroxylation is 3. The topological polar surface area (TPSA) is 42.7 Å². The quantitative estimate of drug-likeness (QED) is 0.891. The highest BCUT2D eigenvalue weighted by molar-refractivity contribution is 6.31. The summed E-state index contributed by atoms with van der Waals surface area (Å²) in [5, 5.41) is 8.73. The number of hydrogen-bond acceptors (Lipinski definition) is 3. The Bertz CT molecular complexity index is 606. The molecule has 2 heterocycles. The highest BCUT2D eigenvalue weighted by atomic mass is 35.5. The van der Waals surface area contributed by atoms with Crippen LogP contribution in [0.2, 0.25) is 5.02 Å². The maximum atomic E-state index is 6.40. The molecule has 5 heteroatoms. The first kappa shape index (κ1) is 16.0. The van der Waals surface area contributed by atoms with Crippen molar-refractivity contribution in [3.05, 3.63) is 46.0 Å². The van der Waals surface area contributed by atoms with Gasteiger partial charge in [0.1, 0.15) is 0 Å². The Morgan fingerprint density at radius 1 is 1.38 bits per heavy atom. The summed E-state index contributed by atoms with van der Waals surface area (Å²) >= 11 is 6.40. The molecule has 0 radical (unpaired) electrons. The van der Waals surface area contributed by atoms with E-state index in [1.165, 1.54) is 11.1 Å². The van der Waals surface area contributed by atoms with E-state index in [2.05, 4.69) is 35.3 Å². The molecule has 0 spiro atoms. The molecule has 0 fully saturated rings. The molecule has 2 aromatic heterocycles. The van der Waals surface area contributed by atoms with Gasteiger partial charge in [0.2, 0.25) is 0 Å². The number of hydrogen-bond donors (Lipinski definition) is 1. The van der Waals surface area contributed by atoms with Gasteiger partial charge in [-0.25, -0.2) is 0 Å². The number of aromatic nitrogens is 3. The summed E-state index contributed by atoms with van der Waals surface area (Å²) in [4.78, 5) is 4.23. The molecule has 0 aliphatic carbocycles. The Balaban J connectivity index is 2.35. The fourth-order valence-corrected chi connectivity index (χ4v) is 2.94. The van der Waals surface area contributed by atoms with E-state index in [0.717, 1.165) is 35.8 Å². The Morgan fingerprint density at radius 3 is 2.71 bits per heavy atom. The van der Waals surface area contributed by atoms with Gasteiger partial charge in [-0.1, -0.05) is 25.4 Å². The lowest BCUT2D eigenvalue weighted by atomic mass is 9.97. The number of nitrogens with zero attached hydrogens (tertiary/aromatic N) is 3. The van der Waals surface area contributed by atoms with Crippen molar-refractivity contribution in [1.29, 1.82) is 0 Å². The lowest BCUT2D eigenvalue weighted by Gasteiger charge is -2.21. The summed E-state index contributed by atoms with van der Waals surface area (Å²) in [6.07, 6.45) is 5.61. The molecule has 1 unspecified atom stereocenters. The molecule has 2 rings (SSSR count). The Labute approximate surface area is 131 Å². The zero-order chi connectivity index (χ0) is 15.4. The van der Waals surface area contributed by atoms with Crippen LogP contribution in [-0.2, 0) is 19.9 Å². The fraction of sp³-hybridized carbons (Fsp3) is 0.500. The zero-order valence-electron chi connectivity index (χ0n) is 13.2. The van der Waals surface area contributed by atoms with Gasteiger partial charge in [0.25, 0.3) is 0 Å². The van der Waals surface area contributed by atoms with Crippen molar-refractivity contribution >= 4 is 11.6 Å². The van der Waals surface area contributed by atoms with Gasteiger partial charge < -0.3 is 5.32 Å². The summed E-state index contributed by atoms with van der Waals surface area (Å²) in [5.74, 6) is 0. The van der Waals surface area contributed by atoms with Crippen LogP contribution in [0.3, 0.4) is 0 Å². The van der Waals surface area contributed by atoms with Crippen LogP contribution >= 0.6 is 11.6 Å². The molecule has 0 saturated heterocycles. The minimum absolute atomic E-state index is 0.222. The molecule has 1 atom stereocenters. The van der Waals surface area contributed by atoms with E-state index in [0.29, 0.717) is 0 Å². The van der Waals surface area contributed by atoms with Crippen molar-refractivity contribution in [3.63, 3.8) is 0 Å². The maximum absolute atomic E-state index is 6.40. The number of halogens is 1. The van der Waals surface area contributed by atoms with Crippen molar-refractivity contribution in [2.24, 2.45) is 7.05 Å². The summed E-state index contributed by atoms with van der Waals surface area (Å²) in [7, 11) is 1.95. The summed E-state index contributed by atoms with van der Waals surface area (Å²) in [5.41, 5.74) is 4.52. The van der Waals surface area contributed by atoms with E-state index in [9.17, 15) is 0 Å². The lowest BCUT2D eigenvalue weighted by molar-refractivity contribution is 0.525. The van der Waals surface area contributed by atoms with Crippen LogP contribution in [-0.4, -0.2) is 21.3 Å². The summed E-state index contributed by atoms with van der Waals surface area (Å²) < 4.78 is 1.88. The number of pyridine rings is 1. The van der Waals surface area contributed by atoms with E-state index in [-0.39, 0.29) is 6.04 Å². The van der Waals surface area contributed by atoms with Crippen LogP contribution in [0.1, 0.15) is 42.4 Å². The van der Waals surface area contributed by atoms with Gasteiger partial charge >= 0.3 is 0 Å². The summed E-state index contributed by atoms with van der Waals surface area (Å²) in [6, 6.07) is 2.32. The van der Waals surface area contributed by atoms with E-state index >= 15 is 0 Å².